The number of anilines is 1. The van der Waals surface area contributed by atoms with E-state index in [1.54, 1.807) is 0 Å². The molecule has 32 heavy (non-hydrogen) atoms. The van der Waals surface area contributed by atoms with Gasteiger partial charge in [0.1, 0.15) is 5.82 Å². The van der Waals surface area contributed by atoms with Gasteiger partial charge in [0, 0.05) is 34.2 Å². The van der Waals surface area contributed by atoms with Gasteiger partial charge in [-0.2, -0.15) is 0 Å². The number of pyridine rings is 1. The monoisotopic (exact) mass is 446 g/mol. The molecule has 1 aromatic heterocycles. The van der Waals surface area contributed by atoms with Crippen LogP contribution >= 0.6 is 12.6 Å². The SMILES string of the molecule is CC1=C(C(=O)NC2CCN(C)CC2)C=C(c2cccc(S)c2)C2c3cc(C)cnc3NC12. The molecule has 166 valence electrons. The molecular weight excluding hydrogens is 416 g/mol. The highest BCUT2D eigenvalue weighted by atomic mass is 32.1. The third-order valence-corrected chi connectivity index (χ3v) is 7.30. The molecule has 1 aliphatic carbocycles. The summed E-state index contributed by atoms with van der Waals surface area (Å²) < 4.78 is 0. The van der Waals surface area contributed by atoms with E-state index in [1.807, 2.05) is 18.3 Å². The number of amides is 1. The van der Waals surface area contributed by atoms with E-state index in [1.165, 1.54) is 5.56 Å². The lowest BCUT2D eigenvalue weighted by molar-refractivity contribution is -0.118. The molecule has 6 heteroatoms. The van der Waals surface area contributed by atoms with Crippen LogP contribution in [-0.4, -0.2) is 48.0 Å². The molecule has 1 saturated heterocycles. The normalized spacial score (nSPS) is 23.3. The van der Waals surface area contributed by atoms with E-state index in [0.29, 0.717) is 0 Å². The highest BCUT2D eigenvalue weighted by Gasteiger charge is 2.41. The van der Waals surface area contributed by atoms with Gasteiger partial charge in [0.05, 0.1) is 6.04 Å². The van der Waals surface area contributed by atoms with Crippen molar-refractivity contribution in [1.82, 2.24) is 15.2 Å². The molecule has 5 nitrogen and oxygen atoms in total. The van der Waals surface area contributed by atoms with Gasteiger partial charge >= 0.3 is 0 Å². The lowest BCUT2D eigenvalue weighted by atomic mass is 9.75. The Morgan fingerprint density at radius 3 is 2.75 bits per heavy atom. The molecule has 0 radical (unpaired) electrons. The highest BCUT2D eigenvalue weighted by molar-refractivity contribution is 7.80. The minimum absolute atomic E-state index is 0.0149. The fraction of sp³-hybridized carbons (Fsp3) is 0.385. The van der Waals surface area contributed by atoms with E-state index < -0.39 is 0 Å². The first-order valence-electron chi connectivity index (χ1n) is 11.3. The van der Waals surface area contributed by atoms with Gasteiger partial charge in [-0.1, -0.05) is 18.2 Å². The number of hydrogen-bond donors (Lipinski definition) is 3. The first kappa shape index (κ1) is 21.3. The zero-order valence-corrected chi connectivity index (χ0v) is 19.7. The van der Waals surface area contributed by atoms with Gasteiger partial charge in [-0.15, -0.1) is 12.6 Å². The molecule has 2 unspecified atom stereocenters. The third kappa shape index (κ3) is 3.86. The number of rotatable bonds is 3. The molecule has 0 bridgehead atoms. The zero-order valence-electron chi connectivity index (χ0n) is 18.9. The molecule has 2 N–H and O–H groups in total. The highest BCUT2D eigenvalue weighted by Crippen LogP contribution is 2.49. The fourth-order valence-electron chi connectivity index (χ4n) is 5.20. The van der Waals surface area contributed by atoms with Crippen LogP contribution in [0.3, 0.4) is 0 Å². The Morgan fingerprint density at radius 1 is 1.22 bits per heavy atom. The molecule has 0 spiro atoms. The third-order valence-electron chi connectivity index (χ3n) is 7.02. The second-order valence-electron chi connectivity index (χ2n) is 9.35. The van der Waals surface area contributed by atoms with Crippen molar-refractivity contribution in [2.75, 3.05) is 25.5 Å². The lowest BCUT2D eigenvalue weighted by Crippen LogP contribution is -2.44. The fourth-order valence-corrected chi connectivity index (χ4v) is 5.43. The van der Waals surface area contributed by atoms with Gasteiger partial charge in [-0.05, 0) is 87.3 Å². The van der Waals surface area contributed by atoms with E-state index in [2.05, 4.69) is 78.3 Å². The number of piperidine rings is 1. The van der Waals surface area contributed by atoms with Crippen molar-refractivity contribution in [3.05, 3.63) is 70.4 Å². The van der Waals surface area contributed by atoms with Crippen molar-refractivity contribution in [3.8, 4) is 0 Å². The van der Waals surface area contributed by atoms with Gasteiger partial charge in [0.25, 0.3) is 5.91 Å². The maximum Gasteiger partial charge on any atom is 0.251 e. The Hall–Kier alpha value is -2.57. The predicted molar refractivity (Wildman–Crippen MR) is 132 cm³/mol. The number of likely N-dealkylation sites (tertiary alicyclic amines) is 1. The van der Waals surface area contributed by atoms with E-state index in [4.69, 9.17) is 0 Å². The molecule has 1 aromatic carbocycles. The van der Waals surface area contributed by atoms with Crippen LogP contribution in [-0.2, 0) is 4.79 Å². The second kappa shape index (κ2) is 8.41. The van der Waals surface area contributed by atoms with Gasteiger partial charge in [-0.3, -0.25) is 4.79 Å². The summed E-state index contributed by atoms with van der Waals surface area (Å²) in [5.41, 5.74) is 6.41. The predicted octanol–water partition coefficient (Wildman–Crippen LogP) is 4.18. The minimum Gasteiger partial charge on any atom is -0.362 e. The summed E-state index contributed by atoms with van der Waals surface area (Å²) in [6.07, 6.45) is 5.98. The molecule has 2 aromatic rings. The van der Waals surface area contributed by atoms with Crippen molar-refractivity contribution < 1.29 is 4.79 Å². The summed E-state index contributed by atoms with van der Waals surface area (Å²) in [6.45, 7) is 6.19. The average molecular weight is 447 g/mol. The number of nitrogens with zero attached hydrogens (tertiary/aromatic N) is 2. The maximum absolute atomic E-state index is 13.4. The van der Waals surface area contributed by atoms with Crippen LogP contribution in [0, 0.1) is 6.92 Å². The van der Waals surface area contributed by atoms with E-state index in [9.17, 15) is 4.79 Å². The van der Waals surface area contributed by atoms with Crippen LogP contribution in [0.4, 0.5) is 5.82 Å². The number of benzene rings is 1. The summed E-state index contributed by atoms with van der Waals surface area (Å²) in [4.78, 5) is 21.3. The minimum atomic E-state index is 0.0149. The van der Waals surface area contributed by atoms with Crippen LogP contribution in [0.15, 0.2) is 58.6 Å². The van der Waals surface area contributed by atoms with Gasteiger partial charge in [-0.25, -0.2) is 4.98 Å². The molecular formula is C26H30N4OS. The molecule has 3 aliphatic rings. The molecule has 3 heterocycles. The smallest absolute Gasteiger partial charge is 0.251 e. The summed E-state index contributed by atoms with van der Waals surface area (Å²) in [5.74, 6) is 1.05. The Bertz CT molecular complexity index is 1130. The number of aromatic nitrogens is 1. The Labute approximate surface area is 195 Å². The maximum atomic E-state index is 13.4. The quantitative estimate of drug-likeness (QED) is 0.619. The van der Waals surface area contributed by atoms with Crippen LogP contribution in [0.5, 0.6) is 0 Å². The molecule has 2 atom stereocenters. The van der Waals surface area contributed by atoms with Crippen molar-refractivity contribution in [3.63, 3.8) is 0 Å². The number of thiol groups is 1. The molecule has 1 amide bonds. The Balaban J connectivity index is 1.54. The number of carbonyl (C=O) groups is 1. The van der Waals surface area contributed by atoms with Gasteiger partial charge in [0.15, 0.2) is 0 Å². The first-order chi connectivity index (χ1) is 15.4. The van der Waals surface area contributed by atoms with E-state index in [0.717, 1.165) is 64.5 Å². The average Bonchev–Trinajstić information content (AvgIpc) is 3.15. The van der Waals surface area contributed by atoms with Crippen molar-refractivity contribution in [1.29, 1.82) is 0 Å². The molecule has 5 rings (SSSR count). The number of hydrogen-bond acceptors (Lipinski definition) is 5. The first-order valence-corrected chi connectivity index (χ1v) is 11.8. The van der Waals surface area contributed by atoms with E-state index >= 15 is 0 Å². The van der Waals surface area contributed by atoms with Gasteiger partial charge < -0.3 is 15.5 Å². The van der Waals surface area contributed by atoms with Gasteiger partial charge in [0.2, 0.25) is 0 Å². The zero-order chi connectivity index (χ0) is 22.4. The van der Waals surface area contributed by atoms with E-state index in [-0.39, 0.29) is 23.9 Å². The summed E-state index contributed by atoms with van der Waals surface area (Å²) in [5, 5.41) is 6.91. The largest absolute Gasteiger partial charge is 0.362 e. The number of fused-ring (bicyclic) bond motifs is 3. The van der Waals surface area contributed by atoms with Crippen molar-refractivity contribution >= 4 is 29.9 Å². The van der Waals surface area contributed by atoms with Crippen LogP contribution < -0.4 is 10.6 Å². The van der Waals surface area contributed by atoms with Crippen LogP contribution in [0.2, 0.25) is 0 Å². The molecule has 1 fully saturated rings. The number of carbonyl (C=O) groups excluding carboxylic acids is 1. The molecule has 2 aliphatic heterocycles. The van der Waals surface area contributed by atoms with Crippen LogP contribution in [0.1, 0.15) is 42.4 Å². The number of aryl methyl sites for hydroxylation is 1. The Morgan fingerprint density at radius 2 is 2.00 bits per heavy atom. The standard InChI is InChI=1S/C26H30N4OS/c1-15-11-22-23-21(17-5-4-6-19(32)12-17)13-20(16(2)24(23)29-25(22)27-14-15)26(31)28-18-7-9-30(3)10-8-18/h4-6,11-14,18,23-24,32H,7-10H2,1-3H3,(H,27,29)(H,28,31). The summed E-state index contributed by atoms with van der Waals surface area (Å²) in [6, 6.07) is 10.7. The lowest BCUT2D eigenvalue weighted by Gasteiger charge is -2.32. The second-order valence-corrected chi connectivity index (χ2v) is 9.86. The topological polar surface area (TPSA) is 57.3 Å². The summed E-state index contributed by atoms with van der Waals surface area (Å²) >= 11 is 4.57. The van der Waals surface area contributed by atoms with Crippen molar-refractivity contribution in [2.24, 2.45) is 0 Å². The number of nitrogens with one attached hydrogen (secondary N) is 2. The summed E-state index contributed by atoms with van der Waals surface area (Å²) in [7, 11) is 2.13. The van der Waals surface area contributed by atoms with Crippen LogP contribution in [0.25, 0.3) is 5.57 Å². The van der Waals surface area contributed by atoms with Crippen molar-refractivity contribution in [2.45, 2.75) is 49.6 Å². The molecule has 0 saturated carbocycles. The Kier molecular flexibility index (Phi) is 5.59.